The van der Waals surface area contributed by atoms with Gasteiger partial charge in [0.25, 0.3) is 5.91 Å². The van der Waals surface area contributed by atoms with E-state index in [0.29, 0.717) is 11.3 Å². The van der Waals surface area contributed by atoms with E-state index in [1.807, 2.05) is 0 Å². The van der Waals surface area contributed by atoms with E-state index in [9.17, 15) is 13.2 Å². The van der Waals surface area contributed by atoms with Crippen LogP contribution < -0.4 is 4.72 Å². The molecule has 112 valence electrons. The fraction of sp³-hybridized carbons (Fsp3) is 0.214. The predicted octanol–water partition coefficient (Wildman–Crippen LogP) is 1.46. The van der Waals surface area contributed by atoms with Crippen molar-refractivity contribution in [2.24, 2.45) is 0 Å². The molecule has 0 saturated carbocycles. The first-order chi connectivity index (χ1) is 9.90. The van der Waals surface area contributed by atoms with Gasteiger partial charge in [0, 0.05) is 19.7 Å². The second-order valence-electron chi connectivity index (χ2n) is 4.63. The quantitative estimate of drug-likeness (QED) is 0.907. The van der Waals surface area contributed by atoms with Gasteiger partial charge in [-0.15, -0.1) is 0 Å². The lowest BCUT2D eigenvalue weighted by Crippen LogP contribution is -2.24. The first-order valence-electron chi connectivity index (χ1n) is 6.24. The highest BCUT2D eigenvalue weighted by Gasteiger charge is 2.15. The summed E-state index contributed by atoms with van der Waals surface area (Å²) < 4.78 is 31.7. The van der Waals surface area contributed by atoms with Crippen LogP contribution in [0.15, 0.2) is 52.0 Å². The first-order valence-corrected chi connectivity index (χ1v) is 7.72. The van der Waals surface area contributed by atoms with Gasteiger partial charge in [0.1, 0.15) is 5.76 Å². The summed E-state index contributed by atoms with van der Waals surface area (Å²) >= 11 is 0. The van der Waals surface area contributed by atoms with Gasteiger partial charge < -0.3 is 9.32 Å². The maximum atomic E-state index is 12.1. The molecule has 6 nitrogen and oxygen atoms in total. The number of nitrogens with zero attached hydrogens (tertiary/aromatic N) is 1. The Hall–Kier alpha value is -2.12. The lowest BCUT2D eigenvalue weighted by atomic mass is 10.2. The van der Waals surface area contributed by atoms with Crippen LogP contribution in [0, 0.1) is 0 Å². The van der Waals surface area contributed by atoms with Crippen molar-refractivity contribution in [2.45, 2.75) is 11.4 Å². The molecule has 1 aromatic carbocycles. The third-order valence-corrected chi connectivity index (χ3v) is 4.25. The highest BCUT2D eigenvalue weighted by molar-refractivity contribution is 7.89. The van der Waals surface area contributed by atoms with Crippen LogP contribution in [0.4, 0.5) is 0 Å². The standard InChI is InChI=1S/C14H16N2O4S/c1-16(2)14(17)11-5-7-13(8-6-11)21(18,19)15-10-12-4-3-9-20-12/h3-9,15H,10H2,1-2H3. The van der Waals surface area contributed by atoms with Gasteiger partial charge in [-0.25, -0.2) is 13.1 Å². The van der Waals surface area contributed by atoms with E-state index in [0.717, 1.165) is 0 Å². The van der Waals surface area contributed by atoms with Crippen LogP contribution >= 0.6 is 0 Å². The van der Waals surface area contributed by atoms with Crippen molar-refractivity contribution in [3.8, 4) is 0 Å². The summed E-state index contributed by atoms with van der Waals surface area (Å²) in [5, 5.41) is 0. The molecule has 0 fully saturated rings. The molecule has 0 bridgehead atoms. The van der Waals surface area contributed by atoms with E-state index in [-0.39, 0.29) is 17.3 Å². The Kier molecular flexibility index (Phi) is 4.44. The molecule has 1 N–H and O–H groups in total. The number of furan rings is 1. The van der Waals surface area contributed by atoms with Crippen LogP contribution in [0.1, 0.15) is 16.1 Å². The second kappa shape index (κ2) is 6.11. The third-order valence-electron chi connectivity index (χ3n) is 2.83. The minimum atomic E-state index is -3.63. The molecule has 0 atom stereocenters. The number of carbonyl (C=O) groups excluding carboxylic acids is 1. The Bertz CT molecular complexity index is 704. The van der Waals surface area contributed by atoms with Gasteiger partial charge >= 0.3 is 0 Å². The Morgan fingerprint density at radius 2 is 1.86 bits per heavy atom. The summed E-state index contributed by atoms with van der Waals surface area (Å²) in [5.41, 5.74) is 0.435. The fourth-order valence-corrected chi connectivity index (χ4v) is 2.69. The molecular weight excluding hydrogens is 292 g/mol. The van der Waals surface area contributed by atoms with Crippen molar-refractivity contribution in [3.63, 3.8) is 0 Å². The lowest BCUT2D eigenvalue weighted by molar-refractivity contribution is 0.0827. The van der Waals surface area contributed by atoms with E-state index in [1.165, 1.54) is 35.4 Å². The molecule has 7 heteroatoms. The summed E-state index contributed by atoms with van der Waals surface area (Å²) in [6.07, 6.45) is 1.48. The summed E-state index contributed by atoms with van der Waals surface area (Å²) in [4.78, 5) is 13.3. The molecule has 0 aliphatic carbocycles. The van der Waals surface area contributed by atoms with Gasteiger partial charge in [-0.3, -0.25) is 4.79 Å². The molecule has 1 heterocycles. The predicted molar refractivity (Wildman–Crippen MR) is 77.2 cm³/mol. The van der Waals surface area contributed by atoms with E-state index in [4.69, 9.17) is 4.42 Å². The Morgan fingerprint density at radius 3 is 2.38 bits per heavy atom. The minimum Gasteiger partial charge on any atom is -0.468 e. The van der Waals surface area contributed by atoms with Gasteiger partial charge in [0.15, 0.2) is 0 Å². The Balaban J connectivity index is 2.11. The van der Waals surface area contributed by atoms with Crippen LogP contribution in [0.5, 0.6) is 0 Å². The largest absolute Gasteiger partial charge is 0.468 e. The zero-order valence-electron chi connectivity index (χ0n) is 11.7. The van der Waals surface area contributed by atoms with Crippen molar-refractivity contribution in [2.75, 3.05) is 14.1 Å². The highest BCUT2D eigenvalue weighted by Crippen LogP contribution is 2.12. The summed E-state index contributed by atoms with van der Waals surface area (Å²) in [7, 11) is -0.360. The van der Waals surface area contributed by atoms with Gasteiger partial charge in [-0.2, -0.15) is 0 Å². The molecule has 2 rings (SSSR count). The molecule has 0 unspecified atom stereocenters. The van der Waals surface area contributed by atoms with Gasteiger partial charge in [0.2, 0.25) is 10.0 Å². The van der Waals surface area contributed by atoms with Gasteiger partial charge in [0.05, 0.1) is 17.7 Å². The number of nitrogens with one attached hydrogen (secondary N) is 1. The molecule has 1 aromatic heterocycles. The molecule has 2 aromatic rings. The lowest BCUT2D eigenvalue weighted by Gasteiger charge is -2.11. The molecule has 0 saturated heterocycles. The molecule has 1 amide bonds. The van der Waals surface area contributed by atoms with Gasteiger partial charge in [-0.1, -0.05) is 0 Å². The maximum absolute atomic E-state index is 12.1. The van der Waals surface area contributed by atoms with Crippen molar-refractivity contribution in [1.29, 1.82) is 0 Å². The van der Waals surface area contributed by atoms with E-state index in [2.05, 4.69) is 4.72 Å². The normalized spacial score (nSPS) is 11.3. The zero-order chi connectivity index (χ0) is 15.5. The minimum absolute atomic E-state index is 0.0771. The van der Waals surface area contributed by atoms with E-state index < -0.39 is 10.0 Å². The smallest absolute Gasteiger partial charge is 0.253 e. The number of hydrogen-bond acceptors (Lipinski definition) is 4. The monoisotopic (exact) mass is 308 g/mol. The molecular formula is C14H16N2O4S. The van der Waals surface area contributed by atoms with Crippen LogP contribution in [0.2, 0.25) is 0 Å². The Labute approximate surface area is 123 Å². The zero-order valence-corrected chi connectivity index (χ0v) is 12.6. The van der Waals surface area contributed by atoms with Crippen molar-refractivity contribution >= 4 is 15.9 Å². The number of amides is 1. The molecule has 0 spiro atoms. The average Bonchev–Trinajstić information content (AvgIpc) is 2.98. The van der Waals surface area contributed by atoms with Crippen molar-refractivity contribution < 1.29 is 17.6 Å². The second-order valence-corrected chi connectivity index (χ2v) is 6.39. The SMILES string of the molecule is CN(C)C(=O)c1ccc(S(=O)(=O)NCc2ccco2)cc1. The third kappa shape index (κ3) is 3.71. The summed E-state index contributed by atoms with van der Waals surface area (Å²) in [5.74, 6) is 0.348. The highest BCUT2D eigenvalue weighted by atomic mass is 32.2. The first kappa shape index (κ1) is 15.3. The molecule has 0 aliphatic heterocycles. The molecule has 0 aliphatic rings. The summed E-state index contributed by atoms with van der Waals surface area (Å²) in [6, 6.07) is 9.16. The molecule has 0 radical (unpaired) electrons. The van der Waals surface area contributed by atoms with E-state index in [1.54, 1.807) is 26.2 Å². The number of rotatable bonds is 5. The van der Waals surface area contributed by atoms with Crippen LogP contribution in [-0.4, -0.2) is 33.3 Å². The topological polar surface area (TPSA) is 79.6 Å². The average molecular weight is 308 g/mol. The number of sulfonamides is 1. The fourth-order valence-electron chi connectivity index (χ4n) is 1.70. The number of carbonyl (C=O) groups is 1. The Morgan fingerprint density at radius 1 is 1.19 bits per heavy atom. The van der Waals surface area contributed by atoms with Crippen molar-refractivity contribution in [1.82, 2.24) is 9.62 Å². The number of hydrogen-bond donors (Lipinski definition) is 1. The van der Waals surface area contributed by atoms with Crippen LogP contribution in [0.25, 0.3) is 0 Å². The van der Waals surface area contributed by atoms with Crippen molar-refractivity contribution in [3.05, 3.63) is 54.0 Å². The maximum Gasteiger partial charge on any atom is 0.253 e. The molecule has 21 heavy (non-hydrogen) atoms. The van der Waals surface area contributed by atoms with Crippen LogP contribution in [-0.2, 0) is 16.6 Å². The number of benzene rings is 1. The van der Waals surface area contributed by atoms with Crippen LogP contribution in [0.3, 0.4) is 0 Å². The van der Waals surface area contributed by atoms with E-state index >= 15 is 0 Å². The summed E-state index contributed by atoms with van der Waals surface area (Å²) in [6.45, 7) is 0.0771. The van der Waals surface area contributed by atoms with Gasteiger partial charge in [-0.05, 0) is 36.4 Å².